The maximum Gasteiger partial charge on any atom is 0.419 e. The predicted octanol–water partition coefficient (Wildman–Crippen LogP) is 3.96. The number of aromatic nitrogens is 2. The Kier molecular flexibility index (Phi) is 3.85. The third-order valence-corrected chi connectivity index (χ3v) is 3.09. The SMILES string of the molecule is CNc1nc(C)c(C)nc1-c1ccc(C(F)(F)F)c(F)c1. The van der Waals surface area contributed by atoms with Crippen LogP contribution >= 0.6 is 0 Å². The first-order chi connectivity index (χ1) is 9.74. The summed E-state index contributed by atoms with van der Waals surface area (Å²) in [6.45, 7) is 3.49. The smallest absolute Gasteiger partial charge is 0.371 e. The minimum absolute atomic E-state index is 0.237. The molecule has 3 nitrogen and oxygen atoms in total. The Hall–Kier alpha value is -2.18. The molecule has 0 atom stereocenters. The molecule has 21 heavy (non-hydrogen) atoms. The molecule has 1 heterocycles. The van der Waals surface area contributed by atoms with Crippen molar-refractivity contribution in [1.82, 2.24) is 9.97 Å². The molecule has 0 aliphatic rings. The van der Waals surface area contributed by atoms with E-state index in [1.165, 1.54) is 6.07 Å². The summed E-state index contributed by atoms with van der Waals surface area (Å²) < 4.78 is 51.4. The molecular formula is C14H13F4N3. The molecule has 0 aliphatic heterocycles. The molecule has 1 aromatic carbocycles. The normalized spacial score (nSPS) is 11.6. The topological polar surface area (TPSA) is 37.8 Å². The molecule has 0 radical (unpaired) electrons. The zero-order valence-corrected chi connectivity index (χ0v) is 11.6. The van der Waals surface area contributed by atoms with E-state index in [2.05, 4.69) is 15.3 Å². The fourth-order valence-corrected chi connectivity index (χ4v) is 1.87. The number of nitrogens with one attached hydrogen (secondary N) is 1. The van der Waals surface area contributed by atoms with Gasteiger partial charge in [0.2, 0.25) is 0 Å². The highest BCUT2D eigenvalue weighted by atomic mass is 19.4. The zero-order chi connectivity index (χ0) is 15.8. The van der Waals surface area contributed by atoms with Gasteiger partial charge in [-0.05, 0) is 26.0 Å². The first kappa shape index (κ1) is 15.2. The summed E-state index contributed by atoms with van der Waals surface area (Å²) >= 11 is 0. The van der Waals surface area contributed by atoms with Crippen molar-refractivity contribution in [3.8, 4) is 11.3 Å². The van der Waals surface area contributed by atoms with Crippen molar-refractivity contribution in [2.24, 2.45) is 0 Å². The summed E-state index contributed by atoms with van der Waals surface area (Å²) in [6, 6.07) is 2.72. The lowest BCUT2D eigenvalue weighted by Gasteiger charge is -2.12. The van der Waals surface area contributed by atoms with Crippen LogP contribution in [0.25, 0.3) is 11.3 Å². The van der Waals surface area contributed by atoms with Crippen LogP contribution in [-0.2, 0) is 6.18 Å². The number of alkyl halides is 3. The van der Waals surface area contributed by atoms with Crippen LogP contribution < -0.4 is 5.32 Å². The van der Waals surface area contributed by atoms with Crippen molar-refractivity contribution in [3.63, 3.8) is 0 Å². The van der Waals surface area contributed by atoms with Crippen LogP contribution in [0.2, 0.25) is 0 Å². The molecule has 2 rings (SSSR count). The van der Waals surface area contributed by atoms with Gasteiger partial charge in [-0.2, -0.15) is 13.2 Å². The zero-order valence-electron chi connectivity index (χ0n) is 11.6. The maximum absolute atomic E-state index is 13.7. The van der Waals surface area contributed by atoms with Gasteiger partial charge in [-0.15, -0.1) is 0 Å². The van der Waals surface area contributed by atoms with E-state index in [0.29, 0.717) is 29.0 Å². The monoisotopic (exact) mass is 299 g/mol. The molecule has 0 fully saturated rings. The van der Waals surface area contributed by atoms with Gasteiger partial charge >= 0.3 is 6.18 Å². The summed E-state index contributed by atoms with van der Waals surface area (Å²) in [4.78, 5) is 8.52. The minimum atomic E-state index is -4.72. The van der Waals surface area contributed by atoms with E-state index < -0.39 is 17.6 Å². The number of rotatable bonds is 2. The van der Waals surface area contributed by atoms with E-state index in [4.69, 9.17) is 0 Å². The van der Waals surface area contributed by atoms with Gasteiger partial charge in [-0.3, -0.25) is 0 Å². The number of hydrogen-bond acceptors (Lipinski definition) is 3. The lowest BCUT2D eigenvalue weighted by Crippen LogP contribution is -2.08. The molecule has 0 unspecified atom stereocenters. The largest absolute Gasteiger partial charge is 0.419 e. The van der Waals surface area contributed by atoms with E-state index in [1.54, 1.807) is 20.9 Å². The van der Waals surface area contributed by atoms with Crippen LogP contribution in [0.1, 0.15) is 17.0 Å². The van der Waals surface area contributed by atoms with E-state index in [9.17, 15) is 17.6 Å². The Bertz CT molecular complexity index is 681. The van der Waals surface area contributed by atoms with Crippen molar-refractivity contribution in [2.75, 3.05) is 12.4 Å². The van der Waals surface area contributed by atoms with Crippen LogP contribution in [0.5, 0.6) is 0 Å². The molecule has 0 saturated heterocycles. The molecule has 0 aliphatic carbocycles. The van der Waals surface area contributed by atoms with Crippen LogP contribution in [0, 0.1) is 19.7 Å². The number of nitrogens with zero attached hydrogens (tertiary/aromatic N) is 2. The summed E-state index contributed by atoms with van der Waals surface area (Å²) in [5.41, 5.74) is 0.572. The van der Waals surface area contributed by atoms with E-state index in [0.717, 1.165) is 6.07 Å². The van der Waals surface area contributed by atoms with Crippen molar-refractivity contribution < 1.29 is 17.6 Å². The van der Waals surface area contributed by atoms with Crippen molar-refractivity contribution >= 4 is 5.82 Å². The van der Waals surface area contributed by atoms with Crippen LogP contribution in [0.3, 0.4) is 0 Å². The van der Waals surface area contributed by atoms with Gasteiger partial charge in [0.25, 0.3) is 0 Å². The number of anilines is 1. The molecule has 7 heteroatoms. The number of hydrogen-bond donors (Lipinski definition) is 1. The summed E-state index contributed by atoms with van der Waals surface area (Å²) in [5.74, 6) is -0.945. The predicted molar refractivity (Wildman–Crippen MR) is 71.4 cm³/mol. The molecule has 0 amide bonds. The van der Waals surface area contributed by atoms with Gasteiger partial charge in [-0.25, -0.2) is 14.4 Å². The first-order valence-corrected chi connectivity index (χ1v) is 6.14. The number of halogens is 4. The molecular weight excluding hydrogens is 286 g/mol. The molecule has 1 aromatic heterocycles. The average molecular weight is 299 g/mol. The van der Waals surface area contributed by atoms with E-state index in [-0.39, 0.29) is 5.56 Å². The fraction of sp³-hybridized carbons (Fsp3) is 0.286. The average Bonchev–Trinajstić information content (AvgIpc) is 2.39. The molecule has 0 saturated carbocycles. The fourth-order valence-electron chi connectivity index (χ4n) is 1.87. The highest BCUT2D eigenvalue weighted by molar-refractivity contribution is 5.72. The summed E-state index contributed by atoms with van der Waals surface area (Å²) in [6.07, 6.45) is -4.72. The lowest BCUT2D eigenvalue weighted by atomic mass is 10.1. The van der Waals surface area contributed by atoms with Crippen LogP contribution in [0.4, 0.5) is 23.4 Å². The van der Waals surface area contributed by atoms with Gasteiger partial charge in [-0.1, -0.05) is 6.07 Å². The van der Waals surface area contributed by atoms with Gasteiger partial charge in [0.05, 0.1) is 17.0 Å². The highest BCUT2D eigenvalue weighted by Crippen LogP contribution is 2.34. The van der Waals surface area contributed by atoms with Gasteiger partial charge in [0.15, 0.2) is 5.82 Å². The second-order valence-corrected chi connectivity index (χ2v) is 4.53. The van der Waals surface area contributed by atoms with Crippen molar-refractivity contribution in [2.45, 2.75) is 20.0 Å². The van der Waals surface area contributed by atoms with E-state index in [1.807, 2.05) is 0 Å². The summed E-state index contributed by atoms with van der Waals surface area (Å²) in [5, 5.41) is 2.81. The second-order valence-electron chi connectivity index (χ2n) is 4.53. The highest BCUT2D eigenvalue weighted by Gasteiger charge is 2.34. The van der Waals surface area contributed by atoms with Crippen molar-refractivity contribution in [3.05, 3.63) is 41.0 Å². The van der Waals surface area contributed by atoms with Gasteiger partial charge < -0.3 is 5.32 Å². The van der Waals surface area contributed by atoms with E-state index >= 15 is 0 Å². The first-order valence-electron chi connectivity index (χ1n) is 6.14. The Morgan fingerprint density at radius 1 is 1.05 bits per heavy atom. The van der Waals surface area contributed by atoms with Crippen LogP contribution in [0.15, 0.2) is 18.2 Å². The molecule has 0 bridgehead atoms. The third-order valence-electron chi connectivity index (χ3n) is 3.09. The van der Waals surface area contributed by atoms with Gasteiger partial charge in [0, 0.05) is 12.6 Å². The van der Waals surface area contributed by atoms with Gasteiger partial charge in [0.1, 0.15) is 11.5 Å². The molecule has 1 N–H and O–H groups in total. The molecule has 0 spiro atoms. The quantitative estimate of drug-likeness (QED) is 0.853. The van der Waals surface area contributed by atoms with Crippen LogP contribution in [-0.4, -0.2) is 17.0 Å². The summed E-state index contributed by atoms with van der Waals surface area (Å²) in [7, 11) is 1.61. The minimum Gasteiger partial charge on any atom is -0.371 e. The number of aryl methyl sites for hydroxylation is 2. The maximum atomic E-state index is 13.7. The lowest BCUT2D eigenvalue weighted by molar-refractivity contribution is -0.139. The Morgan fingerprint density at radius 2 is 1.67 bits per heavy atom. The molecule has 2 aromatic rings. The number of benzene rings is 1. The third kappa shape index (κ3) is 2.96. The Labute approximate surface area is 119 Å². The second kappa shape index (κ2) is 5.31. The molecule has 112 valence electrons. The standard InChI is InChI=1S/C14H13F4N3/c1-7-8(2)21-13(19-3)12(20-7)9-4-5-10(11(15)6-9)14(16,17)18/h4-6H,1-3H3,(H,19,21). The Morgan fingerprint density at radius 3 is 2.19 bits per heavy atom. The van der Waals surface area contributed by atoms with Crippen molar-refractivity contribution in [1.29, 1.82) is 0 Å². The Balaban J connectivity index is 2.58.